The van der Waals surface area contributed by atoms with Crippen molar-refractivity contribution in [3.63, 3.8) is 0 Å². The van der Waals surface area contributed by atoms with E-state index in [4.69, 9.17) is 0 Å². The minimum atomic E-state index is -2.44. The zero-order valence-electron chi connectivity index (χ0n) is 14.6. The molecule has 0 spiro atoms. The first kappa shape index (κ1) is 20.9. The monoisotopic (exact) mass is 449 g/mol. The quantitative estimate of drug-likeness (QED) is 0.208. The molecule has 0 N–H and O–H groups in total. The van der Waals surface area contributed by atoms with Crippen molar-refractivity contribution in [2.75, 3.05) is 9.62 Å². The molecule has 0 saturated carbocycles. The van der Waals surface area contributed by atoms with E-state index in [1.54, 1.807) is 0 Å². The average Bonchev–Trinajstić information content (AvgIpc) is 3.13. The second-order valence-corrected chi connectivity index (χ2v) is 6.18. The summed E-state index contributed by atoms with van der Waals surface area (Å²) in [4.78, 5) is 0.674. The van der Waals surface area contributed by atoms with Crippen LogP contribution in [0.2, 0.25) is 0 Å². The summed E-state index contributed by atoms with van der Waals surface area (Å²) in [6.45, 7) is 0. The Labute approximate surface area is 167 Å². The molecule has 3 aromatic rings. The minimum absolute atomic E-state index is 0.337. The molecule has 13 heteroatoms. The van der Waals surface area contributed by atoms with Crippen LogP contribution in [0.5, 0.6) is 0 Å². The van der Waals surface area contributed by atoms with Crippen molar-refractivity contribution in [1.82, 2.24) is 0 Å². The van der Waals surface area contributed by atoms with E-state index in [-0.39, 0.29) is 11.4 Å². The molecule has 3 aromatic carbocycles. The highest BCUT2D eigenvalue weighted by atomic mass is 19.2. The van der Waals surface area contributed by atoms with Gasteiger partial charge in [-0.1, -0.05) is 12.1 Å². The summed E-state index contributed by atoms with van der Waals surface area (Å²) in [6.07, 6.45) is 0. The number of halogens is 10. The molecule has 2 nitrogen and oxygen atoms in total. The number of hydrogen-bond acceptors (Lipinski definition) is 2. The van der Waals surface area contributed by atoms with Crippen LogP contribution < -0.4 is 9.62 Å². The van der Waals surface area contributed by atoms with E-state index in [0.717, 1.165) is 12.1 Å². The summed E-state index contributed by atoms with van der Waals surface area (Å²) in [5, 5.41) is 0. The second kappa shape index (κ2) is 7.10. The van der Waals surface area contributed by atoms with Crippen molar-refractivity contribution in [3.05, 3.63) is 82.4 Å². The lowest BCUT2D eigenvalue weighted by molar-refractivity contribution is 0.380. The third kappa shape index (κ3) is 2.82. The van der Waals surface area contributed by atoms with Gasteiger partial charge in [0.25, 0.3) is 0 Å². The highest BCUT2D eigenvalue weighted by Crippen LogP contribution is 2.47. The van der Waals surface area contributed by atoms with Gasteiger partial charge in [-0.3, -0.25) is 0 Å². The Morgan fingerprint density at radius 2 is 0.677 bits per heavy atom. The lowest BCUT2D eigenvalue weighted by atomic mass is 10.0. The third-order valence-corrected chi connectivity index (χ3v) is 4.49. The van der Waals surface area contributed by atoms with Gasteiger partial charge in [0.2, 0.25) is 11.6 Å². The summed E-state index contributed by atoms with van der Waals surface area (Å²) < 4.78 is 139. The van der Waals surface area contributed by atoms with Crippen molar-refractivity contribution in [1.29, 1.82) is 0 Å². The summed E-state index contributed by atoms with van der Waals surface area (Å²) in [5.74, 6) is -23.2. The molecule has 0 unspecified atom stereocenters. The topological polar surface area (TPSA) is 6.48 Å². The highest BCUT2D eigenvalue weighted by Gasteiger charge is 2.40. The molecule has 0 bridgehead atoms. The number of hydrogen-bond donors (Lipinski definition) is 0. The van der Waals surface area contributed by atoms with Crippen molar-refractivity contribution >= 4 is 30.3 Å². The van der Waals surface area contributed by atoms with Crippen molar-refractivity contribution in [2.24, 2.45) is 0 Å². The smallest absolute Gasteiger partial charge is 0.362 e. The Hall–Kier alpha value is -3.38. The Bertz CT molecular complexity index is 1100. The first-order chi connectivity index (χ1) is 14.6. The van der Waals surface area contributed by atoms with Gasteiger partial charge >= 0.3 is 7.55 Å². The molecule has 1 heterocycles. The molecule has 0 saturated heterocycles. The maximum atomic E-state index is 14.3. The fourth-order valence-corrected chi connectivity index (χ4v) is 3.08. The van der Waals surface area contributed by atoms with Crippen LogP contribution in [0.25, 0.3) is 0 Å². The molecule has 1 aliphatic rings. The van der Waals surface area contributed by atoms with Crippen LogP contribution >= 0.6 is 0 Å². The predicted octanol–water partition coefficient (Wildman–Crippen LogP) is 5.90. The van der Waals surface area contributed by atoms with Crippen molar-refractivity contribution in [3.8, 4) is 0 Å². The van der Waals surface area contributed by atoms with Crippen LogP contribution in [0.4, 0.5) is 66.7 Å². The van der Waals surface area contributed by atoms with Crippen LogP contribution in [0, 0.1) is 58.2 Å². The van der Waals surface area contributed by atoms with Gasteiger partial charge in [0.1, 0.15) is 11.4 Å². The molecule has 0 amide bonds. The first-order valence-corrected chi connectivity index (χ1v) is 8.13. The predicted molar refractivity (Wildman–Crippen MR) is 88.9 cm³/mol. The lowest BCUT2D eigenvalue weighted by Crippen LogP contribution is -2.32. The standard InChI is InChI=1S/C18H4BF10N2/c20-7-9(22)13(26)17(14(27)10(7)23)30-5-3-1-2-4-6(5)31(19-30)18-15(28)11(24)8(21)12(25)16(18)29/h1-4H. The zero-order valence-corrected chi connectivity index (χ0v) is 14.6. The highest BCUT2D eigenvalue weighted by molar-refractivity contribution is 6.55. The number of benzene rings is 3. The van der Waals surface area contributed by atoms with Crippen LogP contribution in [0.15, 0.2) is 24.3 Å². The number of rotatable bonds is 2. The van der Waals surface area contributed by atoms with Gasteiger partial charge in [0, 0.05) is 0 Å². The normalized spacial score (nSPS) is 13.0. The maximum absolute atomic E-state index is 14.3. The number of nitrogens with zero attached hydrogens (tertiary/aromatic N) is 2. The number of fused-ring (bicyclic) bond motifs is 1. The van der Waals surface area contributed by atoms with Crippen LogP contribution in [-0.2, 0) is 0 Å². The number of para-hydroxylation sites is 2. The zero-order chi connectivity index (χ0) is 22.8. The molecule has 1 radical (unpaired) electrons. The SMILES string of the molecule is Fc1c(F)c(F)c(N2[B]N(c3c(F)c(F)c(F)c(F)c3F)c3ccccc32)c(F)c1F. The van der Waals surface area contributed by atoms with Crippen molar-refractivity contribution in [2.45, 2.75) is 0 Å². The molecule has 31 heavy (non-hydrogen) atoms. The molecule has 0 aliphatic carbocycles. The van der Waals surface area contributed by atoms with Gasteiger partial charge < -0.3 is 9.62 Å². The lowest BCUT2D eigenvalue weighted by Gasteiger charge is -2.22. The van der Waals surface area contributed by atoms with Gasteiger partial charge in [0.15, 0.2) is 46.5 Å². The van der Waals surface area contributed by atoms with Crippen LogP contribution in [-0.4, -0.2) is 7.55 Å². The Balaban J connectivity index is 1.97. The molecule has 1 aliphatic heterocycles. The molecule has 0 atom stereocenters. The largest absolute Gasteiger partial charge is 0.401 e. The van der Waals surface area contributed by atoms with E-state index in [1.807, 2.05) is 0 Å². The minimum Gasteiger partial charge on any atom is -0.362 e. The van der Waals surface area contributed by atoms with Crippen molar-refractivity contribution < 1.29 is 43.9 Å². The number of anilines is 4. The Morgan fingerprint density at radius 3 is 0.968 bits per heavy atom. The van der Waals surface area contributed by atoms with E-state index in [1.165, 1.54) is 12.1 Å². The van der Waals surface area contributed by atoms with E-state index < -0.39 is 69.5 Å². The second-order valence-electron chi connectivity index (χ2n) is 6.18. The third-order valence-electron chi connectivity index (χ3n) is 4.49. The van der Waals surface area contributed by atoms with Gasteiger partial charge in [0.05, 0.1) is 11.4 Å². The summed E-state index contributed by atoms with van der Waals surface area (Å²) in [6, 6.07) is 4.62. The fraction of sp³-hybridized carbons (Fsp3) is 0. The molecule has 159 valence electrons. The fourth-order valence-electron chi connectivity index (χ4n) is 3.08. The van der Waals surface area contributed by atoms with Gasteiger partial charge in [-0.05, 0) is 12.1 Å². The molecular weight excluding hydrogens is 445 g/mol. The molecular formula is C18H4BF10N2. The molecule has 0 fully saturated rings. The molecule has 4 rings (SSSR count). The molecule has 0 aromatic heterocycles. The van der Waals surface area contributed by atoms with Crippen LogP contribution in [0.1, 0.15) is 0 Å². The maximum Gasteiger partial charge on any atom is 0.401 e. The summed E-state index contributed by atoms with van der Waals surface area (Å²) in [7, 11) is 0.432. The van der Waals surface area contributed by atoms with E-state index in [9.17, 15) is 43.9 Å². The van der Waals surface area contributed by atoms with Gasteiger partial charge in [-0.15, -0.1) is 0 Å². The van der Waals surface area contributed by atoms with E-state index in [0.29, 0.717) is 17.2 Å². The Morgan fingerprint density at radius 1 is 0.419 bits per heavy atom. The van der Waals surface area contributed by atoms with Gasteiger partial charge in [-0.25, -0.2) is 43.9 Å². The Kier molecular flexibility index (Phi) is 4.78. The summed E-state index contributed by atoms with van der Waals surface area (Å²) >= 11 is 0. The summed E-state index contributed by atoms with van der Waals surface area (Å²) in [5.41, 5.74) is -3.77. The first-order valence-electron chi connectivity index (χ1n) is 8.13. The van der Waals surface area contributed by atoms with Gasteiger partial charge in [-0.2, -0.15) is 0 Å². The van der Waals surface area contributed by atoms with Crippen LogP contribution in [0.3, 0.4) is 0 Å². The van der Waals surface area contributed by atoms with E-state index in [2.05, 4.69) is 0 Å². The van der Waals surface area contributed by atoms with E-state index >= 15 is 0 Å². The average molecular weight is 449 g/mol.